The lowest BCUT2D eigenvalue weighted by atomic mass is 9.94. The van der Waals surface area contributed by atoms with E-state index in [1.807, 2.05) is 32.9 Å². The molecule has 2 aliphatic rings. The molecule has 0 aromatic carbocycles. The van der Waals surface area contributed by atoms with Gasteiger partial charge in [-0.05, 0) is 27.2 Å². The van der Waals surface area contributed by atoms with E-state index in [0.717, 1.165) is 6.42 Å². The van der Waals surface area contributed by atoms with E-state index in [2.05, 4.69) is 0 Å². The van der Waals surface area contributed by atoms with Gasteiger partial charge in [0.1, 0.15) is 5.60 Å². The molecule has 2 heterocycles. The van der Waals surface area contributed by atoms with E-state index in [4.69, 9.17) is 9.47 Å². The second kappa shape index (κ2) is 3.09. The molecule has 1 fully saturated rings. The molecule has 0 aromatic heterocycles. The summed E-state index contributed by atoms with van der Waals surface area (Å²) in [6, 6.07) is 0. The summed E-state index contributed by atoms with van der Waals surface area (Å²) in [5.41, 5.74) is -0.400. The van der Waals surface area contributed by atoms with Crippen LogP contribution >= 0.6 is 0 Å². The summed E-state index contributed by atoms with van der Waals surface area (Å²) in [6.07, 6.45) is 4.84. The number of ether oxygens (including phenoxy) is 2. The number of rotatable bonds is 1. The monoisotopic (exact) mass is 196 g/mol. The zero-order chi connectivity index (χ0) is 10.3. The quantitative estimate of drug-likeness (QED) is 0.472. The van der Waals surface area contributed by atoms with Gasteiger partial charge in [-0.3, -0.25) is 4.79 Å². The zero-order valence-electron chi connectivity index (χ0n) is 8.82. The van der Waals surface area contributed by atoms with Gasteiger partial charge in [0.05, 0.1) is 18.1 Å². The molecule has 14 heavy (non-hydrogen) atoms. The Labute approximate surface area is 84.1 Å². The molecule has 2 bridgehead atoms. The second-order valence-electron chi connectivity index (χ2n) is 4.90. The molecule has 0 saturated carbocycles. The molecule has 0 N–H and O–H groups in total. The van der Waals surface area contributed by atoms with Gasteiger partial charge in [0.15, 0.2) is 0 Å². The fourth-order valence-electron chi connectivity index (χ4n) is 1.88. The highest BCUT2D eigenvalue weighted by Crippen LogP contribution is 2.35. The Kier molecular flexibility index (Phi) is 2.14. The zero-order valence-corrected chi connectivity index (χ0v) is 8.82. The van der Waals surface area contributed by atoms with Crippen molar-refractivity contribution in [3.8, 4) is 0 Å². The molecule has 1 saturated heterocycles. The summed E-state index contributed by atoms with van der Waals surface area (Å²) in [5.74, 6) is -0.224. The number of hydrogen-bond donors (Lipinski definition) is 0. The van der Waals surface area contributed by atoms with Gasteiger partial charge in [0, 0.05) is 0 Å². The number of hydrogen-bond acceptors (Lipinski definition) is 3. The van der Waals surface area contributed by atoms with Gasteiger partial charge in [-0.1, -0.05) is 12.2 Å². The van der Waals surface area contributed by atoms with Gasteiger partial charge in [-0.25, -0.2) is 0 Å². The summed E-state index contributed by atoms with van der Waals surface area (Å²) in [6.45, 7) is 5.65. The smallest absolute Gasteiger partial charge is 0.312 e. The van der Waals surface area contributed by atoms with Crippen molar-refractivity contribution in [1.82, 2.24) is 0 Å². The Hall–Kier alpha value is -0.830. The van der Waals surface area contributed by atoms with Crippen LogP contribution in [0, 0.1) is 5.92 Å². The summed E-state index contributed by atoms with van der Waals surface area (Å²) in [4.78, 5) is 11.7. The van der Waals surface area contributed by atoms with Gasteiger partial charge in [0.2, 0.25) is 0 Å². The third-order valence-corrected chi connectivity index (χ3v) is 2.44. The van der Waals surface area contributed by atoms with Crippen LogP contribution in [-0.2, 0) is 14.3 Å². The number of fused-ring (bicyclic) bond motifs is 2. The molecule has 0 radical (unpaired) electrons. The van der Waals surface area contributed by atoms with Crippen molar-refractivity contribution in [3.05, 3.63) is 12.2 Å². The highest BCUT2D eigenvalue weighted by Gasteiger charge is 2.42. The molecule has 3 nitrogen and oxygen atoms in total. The molecule has 0 amide bonds. The third kappa shape index (κ3) is 1.82. The van der Waals surface area contributed by atoms with Gasteiger partial charge in [0.25, 0.3) is 0 Å². The maximum absolute atomic E-state index is 11.7. The summed E-state index contributed by atoms with van der Waals surface area (Å²) < 4.78 is 10.8. The van der Waals surface area contributed by atoms with E-state index in [9.17, 15) is 4.79 Å². The minimum absolute atomic E-state index is 0.0464. The van der Waals surface area contributed by atoms with Crippen LogP contribution in [0.5, 0.6) is 0 Å². The normalized spacial score (nSPS) is 34.9. The Balaban J connectivity index is 1.97. The predicted octanol–water partition coefficient (Wildman–Crippen LogP) is 1.67. The fourth-order valence-corrected chi connectivity index (χ4v) is 1.88. The Morgan fingerprint density at radius 2 is 2.14 bits per heavy atom. The van der Waals surface area contributed by atoms with Crippen LogP contribution in [-0.4, -0.2) is 23.8 Å². The van der Waals surface area contributed by atoms with Crippen LogP contribution in [0.1, 0.15) is 27.2 Å². The average molecular weight is 196 g/mol. The lowest BCUT2D eigenvalue weighted by Gasteiger charge is -2.23. The third-order valence-electron chi connectivity index (χ3n) is 2.44. The molecule has 2 rings (SSSR count). The van der Waals surface area contributed by atoms with E-state index in [1.165, 1.54) is 0 Å². The first-order chi connectivity index (χ1) is 6.46. The second-order valence-corrected chi connectivity index (χ2v) is 4.90. The van der Waals surface area contributed by atoms with Crippen molar-refractivity contribution >= 4 is 5.97 Å². The Morgan fingerprint density at radius 3 is 2.57 bits per heavy atom. The lowest BCUT2D eigenvalue weighted by molar-refractivity contribution is -0.160. The SMILES string of the molecule is CC(C)(C)OC(=O)C1CC2C=CC1O2. The molecule has 3 heteroatoms. The highest BCUT2D eigenvalue weighted by molar-refractivity contribution is 5.74. The van der Waals surface area contributed by atoms with E-state index in [-0.39, 0.29) is 24.1 Å². The first kappa shape index (κ1) is 9.71. The molecule has 78 valence electrons. The van der Waals surface area contributed by atoms with Crippen molar-refractivity contribution in [2.75, 3.05) is 0 Å². The molecular formula is C11H16O3. The maximum atomic E-state index is 11.7. The fraction of sp³-hybridized carbons (Fsp3) is 0.727. The molecule has 2 aliphatic heterocycles. The largest absolute Gasteiger partial charge is 0.460 e. The van der Waals surface area contributed by atoms with Crippen LogP contribution in [0.15, 0.2) is 12.2 Å². The van der Waals surface area contributed by atoms with Gasteiger partial charge in [-0.15, -0.1) is 0 Å². The summed E-state index contributed by atoms with van der Waals surface area (Å²) in [5, 5.41) is 0. The average Bonchev–Trinajstić information content (AvgIpc) is 2.59. The number of carbonyl (C=O) groups excluding carboxylic acids is 1. The van der Waals surface area contributed by atoms with Crippen molar-refractivity contribution in [1.29, 1.82) is 0 Å². The van der Waals surface area contributed by atoms with Crippen LogP contribution in [0.3, 0.4) is 0 Å². The van der Waals surface area contributed by atoms with Crippen LogP contribution in [0.4, 0.5) is 0 Å². The van der Waals surface area contributed by atoms with Crippen molar-refractivity contribution in [2.24, 2.45) is 5.92 Å². The first-order valence-corrected chi connectivity index (χ1v) is 5.02. The van der Waals surface area contributed by atoms with Gasteiger partial charge in [-0.2, -0.15) is 0 Å². The first-order valence-electron chi connectivity index (χ1n) is 5.02. The van der Waals surface area contributed by atoms with Crippen molar-refractivity contribution in [2.45, 2.75) is 45.0 Å². The lowest BCUT2D eigenvalue weighted by Crippen LogP contribution is -2.32. The topological polar surface area (TPSA) is 35.5 Å². The minimum Gasteiger partial charge on any atom is -0.460 e. The summed E-state index contributed by atoms with van der Waals surface area (Å²) in [7, 11) is 0. The van der Waals surface area contributed by atoms with Crippen LogP contribution in [0.2, 0.25) is 0 Å². The molecule has 3 unspecified atom stereocenters. The van der Waals surface area contributed by atoms with E-state index in [1.54, 1.807) is 0 Å². The van der Waals surface area contributed by atoms with Crippen molar-refractivity contribution < 1.29 is 14.3 Å². The molecule has 0 aromatic rings. The molecule has 0 aliphatic carbocycles. The molecular weight excluding hydrogens is 180 g/mol. The number of esters is 1. The van der Waals surface area contributed by atoms with E-state index in [0.29, 0.717) is 0 Å². The van der Waals surface area contributed by atoms with E-state index >= 15 is 0 Å². The number of carbonyl (C=O) groups is 1. The van der Waals surface area contributed by atoms with Gasteiger partial charge >= 0.3 is 5.97 Å². The Bertz CT molecular complexity index is 275. The van der Waals surface area contributed by atoms with E-state index < -0.39 is 5.60 Å². The predicted molar refractivity (Wildman–Crippen MR) is 51.8 cm³/mol. The molecule has 3 atom stereocenters. The maximum Gasteiger partial charge on any atom is 0.312 e. The Morgan fingerprint density at radius 1 is 1.43 bits per heavy atom. The molecule has 0 spiro atoms. The highest BCUT2D eigenvalue weighted by atomic mass is 16.6. The minimum atomic E-state index is -0.400. The summed E-state index contributed by atoms with van der Waals surface area (Å²) >= 11 is 0. The standard InChI is InChI=1S/C11H16O3/c1-11(2,3)14-10(12)8-6-7-4-5-9(8)13-7/h4-5,7-9H,6H2,1-3H3. The van der Waals surface area contributed by atoms with Crippen LogP contribution in [0.25, 0.3) is 0 Å². The van der Waals surface area contributed by atoms with Gasteiger partial charge < -0.3 is 9.47 Å². The van der Waals surface area contributed by atoms with Crippen molar-refractivity contribution in [3.63, 3.8) is 0 Å². The van der Waals surface area contributed by atoms with Crippen LogP contribution < -0.4 is 0 Å².